The zero-order valence-electron chi connectivity index (χ0n) is 15.7. The Morgan fingerprint density at radius 1 is 1.15 bits per heavy atom. The van der Waals surface area contributed by atoms with Crippen molar-refractivity contribution in [2.45, 2.75) is 37.6 Å². The molecule has 2 aromatic carbocycles. The van der Waals surface area contributed by atoms with Crippen molar-refractivity contribution in [3.63, 3.8) is 0 Å². The number of hydrogen-bond donors (Lipinski definition) is 2. The Bertz CT molecular complexity index is 890. The second-order valence-corrected chi connectivity index (χ2v) is 7.32. The Balaban J connectivity index is 1.87. The summed E-state index contributed by atoms with van der Waals surface area (Å²) in [4.78, 5) is 25.2. The number of benzene rings is 2. The van der Waals surface area contributed by atoms with E-state index in [9.17, 15) is 9.59 Å². The molecule has 2 amide bonds. The van der Waals surface area contributed by atoms with Crippen molar-refractivity contribution in [1.82, 2.24) is 10.6 Å². The monoisotopic (exact) mass is 364 g/mol. The lowest BCUT2D eigenvalue weighted by Crippen LogP contribution is -2.30. The van der Waals surface area contributed by atoms with E-state index < -0.39 is 0 Å². The van der Waals surface area contributed by atoms with E-state index in [4.69, 9.17) is 4.74 Å². The zero-order chi connectivity index (χ0) is 19.0. The standard InChI is InChI=1S/C22H24N2O3/c1-3-22(15-7-5-4-6-8-15)13-27-19-17(21(26)23-2)11-14(12-18(19)22)20(25)24-16-9-10-16/h4-8,11-12,16H,3,9-10,13H2,1-2H3,(H,23,26)(H,24,25)/t22-/m0/s1. The molecule has 140 valence electrons. The lowest BCUT2D eigenvalue weighted by Gasteiger charge is -2.27. The van der Waals surface area contributed by atoms with Crippen LogP contribution < -0.4 is 15.4 Å². The van der Waals surface area contributed by atoms with Gasteiger partial charge in [0.1, 0.15) is 12.4 Å². The third-order valence-corrected chi connectivity index (χ3v) is 5.64. The number of carbonyl (C=O) groups excluding carboxylic acids is 2. The average molecular weight is 364 g/mol. The summed E-state index contributed by atoms with van der Waals surface area (Å²) in [6, 6.07) is 14.0. The number of rotatable bonds is 5. The summed E-state index contributed by atoms with van der Waals surface area (Å²) in [6.07, 6.45) is 2.85. The van der Waals surface area contributed by atoms with Crippen molar-refractivity contribution < 1.29 is 14.3 Å². The average Bonchev–Trinajstić information content (AvgIpc) is 3.44. The van der Waals surface area contributed by atoms with Crippen LogP contribution in [0.1, 0.15) is 58.0 Å². The van der Waals surface area contributed by atoms with Gasteiger partial charge < -0.3 is 15.4 Å². The number of ether oxygens (including phenoxy) is 1. The summed E-state index contributed by atoms with van der Waals surface area (Å²) >= 11 is 0. The maximum atomic E-state index is 12.7. The fraction of sp³-hybridized carbons (Fsp3) is 0.364. The van der Waals surface area contributed by atoms with Gasteiger partial charge in [-0.15, -0.1) is 0 Å². The van der Waals surface area contributed by atoms with Crippen molar-refractivity contribution in [3.8, 4) is 5.75 Å². The van der Waals surface area contributed by atoms with E-state index in [0.29, 0.717) is 23.5 Å². The van der Waals surface area contributed by atoms with E-state index in [0.717, 1.165) is 30.4 Å². The van der Waals surface area contributed by atoms with Crippen LogP contribution in [0.15, 0.2) is 42.5 Å². The molecule has 0 unspecified atom stereocenters. The van der Waals surface area contributed by atoms with Crippen LogP contribution in [0.5, 0.6) is 5.75 Å². The molecule has 5 heteroatoms. The third-order valence-electron chi connectivity index (χ3n) is 5.64. The number of amides is 2. The van der Waals surface area contributed by atoms with E-state index >= 15 is 0 Å². The molecule has 1 heterocycles. The van der Waals surface area contributed by atoms with E-state index in [2.05, 4.69) is 29.7 Å². The molecule has 0 spiro atoms. The van der Waals surface area contributed by atoms with Crippen LogP contribution in [0.25, 0.3) is 0 Å². The maximum Gasteiger partial charge on any atom is 0.254 e. The Kier molecular flexibility index (Phi) is 4.38. The van der Waals surface area contributed by atoms with Crippen molar-refractivity contribution >= 4 is 11.8 Å². The highest BCUT2D eigenvalue weighted by Crippen LogP contribution is 2.47. The Morgan fingerprint density at radius 2 is 1.89 bits per heavy atom. The molecule has 1 aliphatic heterocycles. The van der Waals surface area contributed by atoms with Crippen molar-refractivity contribution in [1.29, 1.82) is 0 Å². The molecule has 2 N–H and O–H groups in total. The maximum absolute atomic E-state index is 12.7. The predicted molar refractivity (Wildman–Crippen MR) is 103 cm³/mol. The first kappa shape index (κ1) is 17.6. The minimum absolute atomic E-state index is 0.129. The molecule has 1 saturated carbocycles. The summed E-state index contributed by atoms with van der Waals surface area (Å²) in [7, 11) is 1.59. The van der Waals surface area contributed by atoms with Gasteiger partial charge in [-0.1, -0.05) is 37.3 Å². The molecule has 0 aromatic heterocycles. The lowest BCUT2D eigenvalue weighted by molar-refractivity contribution is 0.0951. The summed E-state index contributed by atoms with van der Waals surface area (Å²) < 4.78 is 6.05. The number of carbonyl (C=O) groups is 2. The minimum Gasteiger partial charge on any atom is -0.491 e. The Morgan fingerprint density at radius 3 is 2.52 bits per heavy atom. The predicted octanol–water partition coefficient (Wildman–Crippen LogP) is 3.03. The molecular formula is C22H24N2O3. The molecule has 1 fully saturated rings. The molecule has 2 aliphatic rings. The summed E-state index contributed by atoms with van der Waals surface area (Å²) in [6.45, 7) is 2.57. The van der Waals surface area contributed by atoms with Crippen LogP contribution in [-0.4, -0.2) is 31.5 Å². The molecule has 27 heavy (non-hydrogen) atoms. The molecule has 0 bridgehead atoms. The first-order chi connectivity index (χ1) is 13.1. The molecule has 1 atom stereocenters. The summed E-state index contributed by atoms with van der Waals surface area (Å²) in [5.74, 6) is 0.214. The second kappa shape index (κ2) is 6.72. The van der Waals surface area contributed by atoms with E-state index in [1.165, 1.54) is 0 Å². The van der Waals surface area contributed by atoms with Gasteiger partial charge in [-0.05, 0) is 37.0 Å². The van der Waals surface area contributed by atoms with Gasteiger partial charge in [0.25, 0.3) is 11.8 Å². The fourth-order valence-electron chi connectivity index (χ4n) is 3.84. The van der Waals surface area contributed by atoms with Gasteiger partial charge in [0, 0.05) is 24.2 Å². The van der Waals surface area contributed by atoms with Crippen LogP contribution in [0.4, 0.5) is 0 Å². The fourth-order valence-corrected chi connectivity index (χ4v) is 3.84. The number of nitrogens with one attached hydrogen (secondary N) is 2. The van der Waals surface area contributed by atoms with Gasteiger partial charge in [-0.3, -0.25) is 9.59 Å². The largest absolute Gasteiger partial charge is 0.491 e. The van der Waals surface area contributed by atoms with Gasteiger partial charge in [-0.2, -0.15) is 0 Å². The molecule has 1 aliphatic carbocycles. The highest BCUT2D eigenvalue weighted by atomic mass is 16.5. The smallest absolute Gasteiger partial charge is 0.254 e. The summed E-state index contributed by atoms with van der Waals surface area (Å²) in [5.41, 5.74) is 2.61. The van der Waals surface area contributed by atoms with Crippen LogP contribution in [0.3, 0.4) is 0 Å². The topological polar surface area (TPSA) is 67.4 Å². The van der Waals surface area contributed by atoms with E-state index in [1.54, 1.807) is 13.1 Å². The molecule has 0 radical (unpaired) electrons. The van der Waals surface area contributed by atoms with Crippen LogP contribution >= 0.6 is 0 Å². The van der Waals surface area contributed by atoms with Crippen molar-refractivity contribution in [2.75, 3.05) is 13.7 Å². The van der Waals surface area contributed by atoms with E-state index in [-0.39, 0.29) is 23.3 Å². The van der Waals surface area contributed by atoms with E-state index in [1.807, 2.05) is 24.3 Å². The van der Waals surface area contributed by atoms with Crippen molar-refractivity contribution in [2.24, 2.45) is 0 Å². The first-order valence-electron chi connectivity index (χ1n) is 9.49. The van der Waals surface area contributed by atoms with Gasteiger partial charge in [0.05, 0.1) is 11.0 Å². The van der Waals surface area contributed by atoms with Gasteiger partial charge in [-0.25, -0.2) is 0 Å². The molecule has 2 aromatic rings. The van der Waals surface area contributed by atoms with Crippen LogP contribution in [0, 0.1) is 0 Å². The molecule has 0 saturated heterocycles. The zero-order valence-corrected chi connectivity index (χ0v) is 15.7. The molecule has 4 rings (SSSR count). The third kappa shape index (κ3) is 2.97. The number of hydrogen-bond acceptors (Lipinski definition) is 3. The number of fused-ring (bicyclic) bond motifs is 1. The van der Waals surface area contributed by atoms with Crippen LogP contribution in [-0.2, 0) is 5.41 Å². The second-order valence-electron chi connectivity index (χ2n) is 7.32. The SMILES string of the molecule is CC[C@@]1(c2ccccc2)COc2c(C(=O)NC)cc(C(=O)NC3CC3)cc21. The van der Waals surface area contributed by atoms with Crippen LogP contribution in [0.2, 0.25) is 0 Å². The Hall–Kier alpha value is -2.82. The normalized spacial score (nSPS) is 20.5. The van der Waals surface area contributed by atoms with Gasteiger partial charge >= 0.3 is 0 Å². The van der Waals surface area contributed by atoms with Gasteiger partial charge in [0.15, 0.2) is 0 Å². The minimum atomic E-state index is -0.366. The van der Waals surface area contributed by atoms with Gasteiger partial charge in [0.2, 0.25) is 0 Å². The lowest BCUT2D eigenvalue weighted by atomic mass is 9.73. The Labute approximate surface area is 159 Å². The summed E-state index contributed by atoms with van der Waals surface area (Å²) in [5, 5.41) is 5.68. The van der Waals surface area contributed by atoms with Crippen molar-refractivity contribution in [3.05, 3.63) is 64.7 Å². The quantitative estimate of drug-likeness (QED) is 0.857. The highest BCUT2D eigenvalue weighted by Gasteiger charge is 2.43. The molecular weight excluding hydrogens is 340 g/mol. The first-order valence-corrected chi connectivity index (χ1v) is 9.49. The molecule has 5 nitrogen and oxygen atoms in total. The highest BCUT2D eigenvalue weighted by molar-refractivity contribution is 6.02.